The maximum Gasteiger partial charge on any atom is 0.236 e. The highest BCUT2D eigenvalue weighted by atomic mass is 35.5. The highest BCUT2D eigenvalue weighted by molar-refractivity contribution is 6.33. The summed E-state index contributed by atoms with van der Waals surface area (Å²) in [5.41, 5.74) is 3.06. The predicted molar refractivity (Wildman–Crippen MR) is 145 cm³/mol. The highest BCUT2D eigenvalue weighted by Crippen LogP contribution is 2.33. The summed E-state index contributed by atoms with van der Waals surface area (Å²) in [6.45, 7) is 2.24. The van der Waals surface area contributed by atoms with E-state index in [0.717, 1.165) is 94.2 Å². The molecule has 3 aliphatic rings. The van der Waals surface area contributed by atoms with E-state index in [1.165, 1.54) is 6.42 Å². The van der Waals surface area contributed by atoms with Gasteiger partial charge in [0.05, 0.1) is 16.8 Å². The first-order valence-electron chi connectivity index (χ1n) is 14.1. The van der Waals surface area contributed by atoms with Crippen LogP contribution in [0.2, 0.25) is 5.02 Å². The van der Waals surface area contributed by atoms with Gasteiger partial charge in [0, 0.05) is 61.1 Å². The Labute approximate surface area is 224 Å². The second-order valence-electron chi connectivity index (χ2n) is 11.2. The van der Waals surface area contributed by atoms with Crippen molar-refractivity contribution < 1.29 is 14.2 Å². The van der Waals surface area contributed by atoms with E-state index in [0.29, 0.717) is 35.1 Å². The Morgan fingerprint density at radius 3 is 2.51 bits per heavy atom. The van der Waals surface area contributed by atoms with Gasteiger partial charge >= 0.3 is 0 Å². The molecule has 0 bridgehead atoms. The molecule has 0 radical (unpaired) electrons. The third-order valence-corrected chi connectivity index (χ3v) is 8.81. The van der Waals surface area contributed by atoms with Crippen molar-refractivity contribution in [2.24, 2.45) is 11.8 Å². The summed E-state index contributed by atoms with van der Waals surface area (Å²) in [5, 5.41) is 17.8. The van der Waals surface area contributed by atoms with Crippen LogP contribution in [-0.4, -0.2) is 53.0 Å². The lowest BCUT2D eigenvalue weighted by Gasteiger charge is -2.35. The molecule has 1 aliphatic heterocycles. The number of nitrogens with zero attached hydrogens (tertiary/aromatic N) is 2. The van der Waals surface area contributed by atoms with Gasteiger partial charge in [-0.1, -0.05) is 24.4 Å². The molecular formula is C29H40ClFN4O2. The van der Waals surface area contributed by atoms with Gasteiger partial charge in [0.25, 0.3) is 0 Å². The molecule has 202 valence electrons. The van der Waals surface area contributed by atoms with Crippen molar-refractivity contribution in [2.75, 3.05) is 25.1 Å². The first-order chi connectivity index (χ1) is 18.0. The molecule has 2 atom stereocenters. The van der Waals surface area contributed by atoms with Gasteiger partial charge < -0.3 is 20.5 Å². The molecule has 0 amide bonds. The van der Waals surface area contributed by atoms with E-state index >= 15 is 0 Å². The van der Waals surface area contributed by atoms with Gasteiger partial charge in [-0.05, 0) is 81.8 Å². The molecule has 0 aromatic carbocycles. The Hall–Kier alpha value is -1.80. The molecule has 8 heteroatoms. The summed E-state index contributed by atoms with van der Waals surface area (Å²) in [6.07, 6.45) is 14.9. The van der Waals surface area contributed by atoms with E-state index < -0.39 is 5.95 Å². The van der Waals surface area contributed by atoms with Crippen LogP contribution in [-0.2, 0) is 11.2 Å². The Bertz CT molecular complexity index is 1030. The number of ether oxygens (including phenoxy) is 1. The molecule has 6 nitrogen and oxygen atoms in total. The van der Waals surface area contributed by atoms with E-state index in [-0.39, 0.29) is 12.1 Å². The van der Waals surface area contributed by atoms with Crippen LogP contribution in [0.15, 0.2) is 24.5 Å². The molecule has 2 aromatic rings. The summed E-state index contributed by atoms with van der Waals surface area (Å²) in [4.78, 5) is 8.63. The molecule has 2 aromatic heterocycles. The zero-order valence-electron chi connectivity index (χ0n) is 21.6. The number of aliphatic hydroxyl groups is 1. The average Bonchev–Trinajstić information content (AvgIpc) is 2.92. The zero-order valence-corrected chi connectivity index (χ0v) is 22.4. The van der Waals surface area contributed by atoms with Crippen molar-refractivity contribution >= 4 is 17.3 Å². The Morgan fingerprint density at radius 2 is 1.73 bits per heavy atom. The van der Waals surface area contributed by atoms with Crippen LogP contribution in [0.4, 0.5) is 10.1 Å². The number of aromatic nitrogens is 2. The van der Waals surface area contributed by atoms with Crippen molar-refractivity contribution in [2.45, 2.75) is 88.8 Å². The lowest BCUT2D eigenvalue weighted by Crippen LogP contribution is -2.48. The topological polar surface area (TPSA) is 79.3 Å². The normalized spacial score (nSPS) is 27.2. The van der Waals surface area contributed by atoms with E-state index in [4.69, 9.17) is 16.3 Å². The minimum Gasteiger partial charge on any atom is -0.392 e. The van der Waals surface area contributed by atoms with Gasteiger partial charge in [0.1, 0.15) is 0 Å². The average molecular weight is 531 g/mol. The smallest absolute Gasteiger partial charge is 0.236 e. The fraction of sp³-hybridized carbons (Fsp3) is 0.655. The predicted octanol–water partition coefficient (Wildman–Crippen LogP) is 5.77. The lowest BCUT2D eigenvalue weighted by molar-refractivity contribution is 0.0699. The second-order valence-corrected chi connectivity index (χ2v) is 11.6. The fourth-order valence-corrected chi connectivity index (χ4v) is 6.39. The minimum absolute atomic E-state index is 0.193. The van der Waals surface area contributed by atoms with Crippen LogP contribution in [0.25, 0.3) is 11.1 Å². The number of nitrogens with one attached hydrogen (secondary N) is 2. The number of anilines is 1. The summed E-state index contributed by atoms with van der Waals surface area (Å²) in [6, 6.07) is 4.61. The maximum atomic E-state index is 14.5. The molecule has 2 saturated carbocycles. The molecule has 37 heavy (non-hydrogen) atoms. The van der Waals surface area contributed by atoms with E-state index in [1.54, 1.807) is 12.4 Å². The van der Waals surface area contributed by atoms with Gasteiger partial charge in [0.15, 0.2) is 0 Å². The van der Waals surface area contributed by atoms with Gasteiger partial charge in [0.2, 0.25) is 5.95 Å². The summed E-state index contributed by atoms with van der Waals surface area (Å²) < 4.78 is 19.9. The standard InChI is InChI=1S/C29H40ClFN4O2/c30-25-18-32-23(13-19-5-7-22(8-6-19)35-26-3-1-2-4-28(26)36)15-24(25)21-14-27(29(31)34-17-21)33-16-20-9-11-37-12-10-20/h14-15,17-20,22,26,28,33,35-36H,1-13,16H2/t19?,22?,26-,28-/m0/s1. The number of aliphatic hydroxyl groups excluding tert-OH is 1. The molecule has 3 heterocycles. The molecule has 3 N–H and O–H groups in total. The quantitative estimate of drug-likeness (QED) is 0.376. The lowest BCUT2D eigenvalue weighted by atomic mass is 9.82. The van der Waals surface area contributed by atoms with Crippen LogP contribution >= 0.6 is 11.6 Å². The van der Waals surface area contributed by atoms with Crippen LogP contribution in [0, 0.1) is 17.8 Å². The van der Waals surface area contributed by atoms with Crippen molar-refractivity contribution in [3.63, 3.8) is 0 Å². The Morgan fingerprint density at radius 1 is 0.946 bits per heavy atom. The molecule has 2 aliphatic carbocycles. The van der Waals surface area contributed by atoms with Crippen molar-refractivity contribution in [1.29, 1.82) is 0 Å². The van der Waals surface area contributed by atoms with Gasteiger partial charge in [-0.3, -0.25) is 4.98 Å². The number of rotatable bonds is 8. The van der Waals surface area contributed by atoms with E-state index in [9.17, 15) is 9.50 Å². The van der Waals surface area contributed by atoms with Gasteiger partial charge in [-0.2, -0.15) is 4.39 Å². The molecule has 0 spiro atoms. The molecule has 3 fully saturated rings. The Kier molecular flexibility index (Phi) is 9.29. The summed E-state index contributed by atoms with van der Waals surface area (Å²) in [5.74, 6) is 0.567. The van der Waals surface area contributed by atoms with Crippen LogP contribution in [0.5, 0.6) is 0 Å². The van der Waals surface area contributed by atoms with E-state index in [2.05, 4.69) is 20.6 Å². The second kappa shape index (κ2) is 12.8. The molecule has 5 rings (SSSR count). The molecular weight excluding hydrogens is 491 g/mol. The molecule has 0 unspecified atom stereocenters. The minimum atomic E-state index is -0.493. The summed E-state index contributed by atoms with van der Waals surface area (Å²) in [7, 11) is 0. The molecule has 1 saturated heterocycles. The largest absolute Gasteiger partial charge is 0.392 e. The van der Waals surface area contributed by atoms with Gasteiger partial charge in [-0.15, -0.1) is 0 Å². The first-order valence-corrected chi connectivity index (χ1v) is 14.5. The third-order valence-electron chi connectivity index (χ3n) is 8.51. The van der Waals surface area contributed by atoms with E-state index in [1.807, 2.05) is 12.1 Å². The van der Waals surface area contributed by atoms with Crippen molar-refractivity contribution in [3.05, 3.63) is 41.2 Å². The summed E-state index contributed by atoms with van der Waals surface area (Å²) >= 11 is 6.54. The number of hydrogen-bond acceptors (Lipinski definition) is 6. The number of hydrogen-bond donors (Lipinski definition) is 3. The maximum absolute atomic E-state index is 14.5. The van der Waals surface area contributed by atoms with Crippen LogP contribution < -0.4 is 10.6 Å². The van der Waals surface area contributed by atoms with Gasteiger partial charge in [-0.25, -0.2) is 4.98 Å². The number of pyridine rings is 2. The van der Waals surface area contributed by atoms with Crippen LogP contribution in [0.3, 0.4) is 0 Å². The first kappa shape index (κ1) is 26.8. The third kappa shape index (κ3) is 7.20. The SMILES string of the molecule is O[C@H]1CCCC[C@@H]1NC1CCC(Cc2cc(-c3cnc(F)c(NCC4CCOCC4)c3)c(Cl)cn2)CC1. The number of halogens is 2. The monoisotopic (exact) mass is 530 g/mol. The fourth-order valence-electron chi connectivity index (χ4n) is 6.18. The van der Waals surface area contributed by atoms with Crippen molar-refractivity contribution in [3.8, 4) is 11.1 Å². The Balaban J connectivity index is 1.18. The highest BCUT2D eigenvalue weighted by Gasteiger charge is 2.28. The van der Waals surface area contributed by atoms with Crippen LogP contribution in [0.1, 0.15) is 69.9 Å². The van der Waals surface area contributed by atoms with Crippen molar-refractivity contribution in [1.82, 2.24) is 15.3 Å². The zero-order chi connectivity index (χ0) is 25.6.